The highest BCUT2D eigenvalue weighted by Gasteiger charge is 2.21. The van der Waals surface area contributed by atoms with Crippen LogP contribution in [0.1, 0.15) is 36.2 Å². The molecule has 1 heterocycles. The zero-order valence-corrected chi connectivity index (χ0v) is 27.1. The van der Waals surface area contributed by atoms with E-state index in [0.29, 0.717) is 43.6 Å². The van der Waals surface area contributed by atoms with Crippen molar-refractivity contribution in [3.05, 3.63) is 99.7 Å². The summed E-state index contributed by atoms with van der Waals surface area (Å²) in [4.78, 5) is 44.5. The number of aromatic nitrogens is 2. The Morgan fingerprint density at radius 2 is 1.77 bits per heavy atom. The summed E-state index contributed by atoms with van der Waals surface area (Å²) in [7, 11) is 0. The Labute approximate surface area is 272 Å². The highest BCUT2D eigenvalue weighted by atomic mass is 35.5. The number of anilines is 2. The molecule has 8 nitrogen and oxygen atoms in total. The first-order chi connectivity index (χ1) is 20.7. The number of amides is 3. The summed E-state index contributed by atoms with van der Waals surface area (Å²) < 4.78 is 4.24. The Hall–Kier alpha value is -3.35. The molecule has 4 rings (SSSR count). The van der Waals surface area contributed by atoms with Crippen molar-refractivity contribution in [2.45, 2.75) is 35.6 Å². The van der Waals surface area contributed by atoms with Crippen molar-refractivity contribution in [2.75, 3.05) is 16.4 Å². The molecule has 0 fully saturated rings. The molecule has 4 aromatic rings. The van der Waals surface area contributed by atoms with E-state index in [1.54, 1.807) is 66.7 Å². The van der Waals surface area contributed by atoms with E-state index in [4.69, 9.17) is 23.2 Å². The normalized spacial score (nSPS) is 12.0. The lowest BCUT2D eigenvalue weighted by molar-refractivity contribution is -0.116. The number of carbonyl (C=O) groups is 3. The Morgan fingerprint density at radius 1 is 0.977 bits per heavy atom. The van der Waals surface area contributed by atoms with Crippen LogP contribution in [0.5, 0.6) is 0 Å². The lowest BCUT2D eigenvalue weighted by atomic mass is 10.1. The van der Waals surface area contributed by atoms with E-state index in [2.05, 4.69) is 25.3 Å². The minimum absolute atomic E-state index is 0.0143. The second-order valence-corrected chi connectivity index (χ2v) is 12.9. The van der Waals surface area contributed by atoms with E-state index in [1.165, 1.54) is 29.6 Å². The lowest BCUT2D eigenvalue weighted by Crippen LogP contribution is -2.30. The smallest absolute Gasteiger partial charge is 0.272 e. The molecule has 0 saturated heterocycles. The molecule has 0 radical (unpaired) electrons. The van der Waals surface area contributed by atoms with Crippen LogP contribution in [-0.2, 0) is 9.59 Å². The van der Waals surface area contributed by atoms with Gasteiger partial charge in [-0.05, 0) is 66.3 Å². The summed E-state index contributed by atoms with van der Waals surface area (Å²) in [5.41, 5.74) is 1.36. The predicted octanol–water partition coefficient (Wildman–Crippen LogP) is 7.88. The number of halogens is 2. The van der Waals surface area contributed by atoms with Crippen molar-refractivity contribution in [1.29, 1.82) is 0 Å². The third-order valence-corrected chi connectivity index (χ3v) is 9.13. The van der Waals surface area contributed by atoms with Crippen LogP contribution < -0.4 is 16.0 Å². The van der Waals surface area contributed by atoms with Gasteiger partial charge in [0.05, 0.1) is 5.25 Å². The third kappa shape index (κ3) is 9.57. The van der Waals surface area contributed by atoms with Crippen molar-refractivity contribution < 1.29 is 14.4 Å². The molecule has 0 saturated carbocycles. The monoisotopic (exact) mass is 671 g/mol. The lowest BCUT2D eigenvalue weighted by Gasteiger charge is -2.15. The van der Waals surface area contributed by atoms with Crippen molar-refractivity contribution in [3.63, 3.8) is 0 Å². The van der Waals surface area contributed by atoms with Gasteiger partial charge in [-0.25, -0.2) is 0 Å². The number of nitrogens with zero attached hydrogens (tertiary/aromatic N) is 2. The summed E-state index contributed by atoms with van der Waals surface area (Å²) in [6.07, 6.45) is 2.06. The Morgan fingerprint density at radius 3 is 2.49 bits per heavy atom. The van der Waals surface area contributed by atoms with Crippen molar-refractivity contribution >= 4 is 92.9 Å². The standard InChI is InChI=1S/C30H27Cl2N5O3S3/c1-3-25(28(40)35-29-36-30(37-43-29)41-4-2)42-22-12-8-11-21(17-22)33-27(39)24(15-19-13-14-20(31)16-23(19)32)34-26(38)18-9-6-5-7-10-18/h5-17,25H,3-4H2,1-2H3,(H,33,39)(H,34,38)(H,35,36,37,40)/b24-15+. The number of carbonyl (C=O) groups excluding carboxylic acids is 3. The fourth-order valence-electron chi connectivity index (χ4n) is 3.68. The molecule has 222 valence electrons. The van der Waals surface area contributed by atoms with Crippen LogP contribution in [0.2, 0.25) is 10.0 Å². The van der Waals surface area contributed by atoms with Gasteiger partial charge in [0.15, 0.2) is 0 Å². The maximum Gasteiger partial charge on any atom is 0.272 e. The van der Waals surface area contributed by atoms with E-state index < -0.39 is 17.1 Å². The summed E-state index contributed by atoms with van der Waals surface area (Å²) in [5, 5.41) is 9.85. The van der Waals surface area contributed by atoms with Gasteiger partial charge in [0, 0.05) is 37.7 Å². The molecule has 43 heavy (non-hydrogen) atoms. The number of nitrogens with one attached hydrogen (secondary N) is 3. The van der Waals surface area contributed by atoms with Crippen LogP contribution in [0.3, 0.4) is 0 Å². The first-order valence-electron chi connectivity index (χ1n) is 13.1. The molecule has 3 aromatic carbocycles. The molecule has 3 N–H and O–H groups in total. The number of thioether (sulfide) groups is 2. The Kier molecular flexibility index (Phi) is 12.1. The molecule has 3 amide bonds. The fourth-order valence-corrected chi connectivity index (χ4v) is 6.43. The molecule has 0 bridgehead atoms. The minimum atomic E-state index is -0.556. The molecular formula is C30H27Cl2N5O3S3. The molecule has 1 unspecified atom stereocenters. The van der Waals surface area contributed by atoms with Gasteiger partial charge in [0.2, 0.25) is 16.2 Å². The van der Waals surface area contributed by atoms with E-state index in [-0.39, 0.29) is 11.6 Å². The third-order valence-electron chi connectivity index (χ3n) is 5.74. The molecule has 0 aliphatic carbocycles. The molecule has 1 aromatic heterocycles. The number of hydrogen-bond acceptors (Lipinski definition) is 8. The zero-order valence-electron chi connectivity index (χ0n) is 23.1. The van der Waals surface area contributed by atoms with Crippen LogP contribution >= 0.6 is 58.3 Å². The van der Waals surface area contributed by atoms with Crippen LogP contribution in [0.25, 0.3) is 6.08 Å². The van der Waals surface area contributed by atoms with Gasteiger partial charge in [-0.3, -0.25) is 19.7 Å². The predicted molar refractivity (Wildman–Crippen MR) is 178 cm³/mol. The highest BCUT2D eigenvalue weighted by Crippen LogP contribution is 2.30. The molecule has 1 atom stereocenters. The maximum atomic E-state index is 13.5. The van der Waals surface area contributed by atoms with E-state index in [1.807, 2.05) is 19.9 Å². The maximum absolute atomic E-state index is 13.5. The van der Waals surface area contributed by atoms with Crippen LogP contribution in [-0.4, -0.2) is 38.1 Å². The average molecular weight is 673 g/mol. The van der Waals surface area contributed by atoms with E-state index >= 15 is 0 Å². The van der Waals surface area contributed by atoms with Gasteiger partial charge >= 0.3 is 0 Å². The van der Waals surface area contributed by atoms with E-state index in [0.717, 1.165) is 22.2 Å². The second kappa shape index (κ2) is 15.9. The molecule has 0 aliphatic rings. The molecule has 0 spiro atoms. The first kappa shape index (κ1) is 32.6. The topological polar surface area (TPSA) is 113 Å². The summed E-state index contributed by atoms with van der Waals surface area (Å²) >= 11 is 16.4. The quantitative estimate of drug-likeness (QED) is 0.104. The molecular weight excluding hydrogens is 645 g/mol. The summed E-state index contributed by atoms with van der Waals surface area (Å²) in [6, 6.07) is 20.5. The van der Waals surface area contributed by atoms with Crippen molar-refractivity contribution in [3.8, 4) is 0 Å². The van der Waals surface area contributed by atoms with Gasteiger partial charge in [-0.1, -0.05) is 79.1 Å². The zero-order chi connectivity index (χ0) is 30.8. The SMILES string of the molecule is CCSc1nsc(NC(=O)C(CC)Sc2cccc(NC(=O)/C(=C\c3ccc(Cl)cc3Cl)NC(=O)c3ccccc3)c2)n1. The first-order valence-corrected chi connectivity index (χ1v) is 16.5. The van der Waals surface area contributed by atoms with Gasteiger partial charge in [0.25, 0.3) is 11.8 Å². The number of benzene rings is 3. The highest BCUT2D eigenvalue weighted by molar-refractivity contribution is 8.00. The minimum Gasteiger partial charge on any atom is -0.321 e. The van der Waals surface area contributed by atoms with Crippen LogP contribution in [0, 0.1) is 0 Å². The van der Waals surface area contributed by atoms with Gasteiger partial charge < -0.3 is 10.6 Å². The van der Waals surface area contributed by atoms with Gasteiger partial charge in [-0.15, -0.1) is 11.8 Å². The van der Waals surface area contributed by atoms with Crippen LogP contribution in [0.4, 0.5) is 10.8 Å². The Balaban J connectivity index is 1.50. The summed E-state index contributed by atoms with van der Waals surface area (Å²) in [5.74, 6) is -0.348. The molecule has 0 aliphatic heterocycles. The second-order valence-electron chi connectivity index (χ2n) is 8.85. The van der Waals surface area contributed by atoms with Gasteiger partial charge in [0.1, 0.15) is 5.70 Å². The Bertz CT molecular complexity index is 1630. The van der Waals surface area contributed by atoms with Crippen LogP contribution in [0.15, 0.2) is 88.5 Å². The number of rotatable bonds is 12. The average Bonchev–Trinajstić information content (AvgIpc) is 3.44. The van der Waals surface area contributed by atoms with Crippen molar-refractivity contribution in [1.82, 2.24) is 14.7 Å². The largest absolute Gasteiger partial charge is 0.321 e. The van der Waals surface area contributed by atoms with E-state index in [9.17, 15) is 14.4 Å². The number of hydrogen-bond donors (Lipinski definition) is 3. The summed E-state index contributed by atoms with van der Waals surface area (Å²) in [6.45, 7) is 3.94. The van der Waals surface area contributed by atoms with Crippen molar-refractivity contribution in [2.24, 2.45) is 0 Å². The molecule has 13 heteroatoms. The fraction of sp³-hybridized carbons (Fsp3) is 0.167. The van der Waals surface area contributed by atoms with Gasteiger partial charge in [-0.2, -0.15) is 9.36 Å².